The van der Waals surface area contributed by atoms with Crippen molar-refractivity contribution in [1.82, 2.24) is 0 Å². The standard InChI is InChI=1S/C26H28O4/c1-19-18-20(26(2,3)4)14-15-23(19)30-25(27)22-12-8-9-13-24(22)29-17-16-28-21-10-6-5-7-11-21/h5-15,18H,16-17H2,1-4H3. The molecule has 156 valence electrons. The lowest BCUT2D eigenvalue weighted by Gasteiger charge is -2.20. The van der Waals surface area contributed by atoms with Crippen LogP contribution in [-0.4, -0.2) is 19.2 Å². The highest BCUT2D eigenvalue weighted by atomic mass is 16.5. The van der Waals surface area contributed by atoms with Crippen LogP contribution in [0.2, 0.25) is 0 Å². The molecule has 0 saturated heterocycles. The molecule has 0 aliphatic rings. The highest BCUT2D eigenvalue weighted by Gasteiger charge is 2.18. The molecule has 3 aromatic rings. The van der Waals surface area contributed by atoms with Crippen molar-refractivity contribution in [3.8, 4) is 17.2 Å². The summed E-state index contributed by atoms with van der Waals surface area (Å²) in [5.41, 5.74) is 2.54. The summed E-state index contributed by atoms with van der Waals surface area (Å²) >= 11 is 0. The Morgan fingerprint density at radius 3 is 2.17 bits per heavy atom. The van der Waals surface area contributed by atoms with Gasteiger partial charge in [-0.05, 0) is 53.8 Å². The van der Waals surface area contributed by atoms with E-state index >= 15 is 0 Å². The maximum absolute atomic E-state index is 12.8. The Hall–Kier alpha value is -3.27. The predicted molar refractivity (Wildman–Crippen MR) is 119 cm³/mol. The number of carbonyl (C=O) groups excluding carboxylic acids is 1. The van der Waals surface area contributed by atoms with E-state index in [0.717, 1.165) is 11.3 Å². The van der Waals surface area contributed by atoms with Crippen LogP contribution in [0.4, 0.5) is 0 Å². The molecular formula is C26H28O4. The van der Waals surface area contributed by atoms with Gasteiger partial charge in [0.1, 0.15) is 36.0 Å². The lowest BCUT2D eigenvalue weighted by atomic mass is 9.86. The van der Waals surface area contributed by atoms with Crippen LogP contribution in [0.25, 0.3) is 0 Å². The van der Waals surface area contributed by atoms with Crippen LogP contribution in [0.15, 0.2) is 72.8 Å². The predicted octanol–water partition coefficient (Wildman–Crippen LogP) is 5.97. The van der Waals surface area contributed by atoms with Crippen molar-refractivity contribution in [2.24, 2.45) is 0 Å². The molecule has 0 aliphatic carbocycles. The highest BCUT2D eigenvalue weighted by molar-refractivity contribution is 5.94. The molecule has 30 heavy (non-hydrogen) atoms. The Kier molecular flexibility index (Phi) is 6.78. The monoisotopic (exact) mass is 404 g/mol. The first-order chi connectivity index (χ1) is 14.3. The molecule has 0 radical (unpaired) electrons. The van der Waals surface area contributed by atoms with Gasteiger partial charge < -0.3 is 14.2 Å². The summed E-state index contributed by atoms with van der Waals surface area (Å²) in [6.45, 7) is 9.11. The van der Waals surface area contributed by atoms with Crippen molar-refractivity contribution in [3.05, 3.63) is 89.5 Å². The summed E-state index contributed by atoms with van der Waals surface area (Å²) in [4.78, 5) is 12.8. The molecule has 3 rings (SSSR count). The number of hydrogen-bond acceptors (Lipinski definition) is 4. The molecule has 0 N–H and O–H groups in total. The fourth-order valence-electron chi connectivity index (χ4n) is 2.97. The van der Waals surface area contributed by atoms with Crippen LogP contribution < -0.4 is 14.2 Å². The van der Waals surface area contributed by atoms with E-state index in [2.05, 4.69) is 26.8 Å². The van der Waals surface area contributed by atoms with Gasteiger partial charge in [0.25, 0.3) is 0 Å². The molecule has 0 unspecified atom stereocenters. The number of aryl methyl sites for hydroxylation is 1. The summed E-state index contributed by atoms with van der Waals surface area (Å²) in [6.07, 6.45) is 0. The smallest absolute Gasteiger partial charge is 0.347 e. The second-order valence-corrected chi connectivity index (χ2v) is 8.13. The molecule has 0 heterocycles. The van der Waals surface area contributed by atoms with Gasteiger partial charge in [-0.15, -0.1) is 0 Å². The SMILES string of the molecule is Cc1cc(C(C)(C)C)ccc1OC(=O)c1ccccc1OCCOc1ccccc1. The zero-order valence-corrected chi connectivity index (χ0v) is 18.0. The van der Waals surface area contributed by atoms with Crippen molar-refractivity contribution >= 4 is 5.97 Å². The molecule has 0 aromatic heterocycles. The van der Waals surface area contributed by atoms with E-state index in [1.54, 1.807) is 18.2 Å². The molecular weight excluding hydrogens is 376 g/mol. The molecule has 0 spiro atoms. The van der Waals surface area contributed by atoms with Crippen molar-refractivity contribution in [2.75, 3.05) is 13.2 Å². The summed E-state index contributed by atoms with van der Waals surface area (Å²) in [7, 11) is 0. The zero-order chi connectivity index (χ0) is 21.6. The summed E-state index contributed by atoms with van der Waals surface area (Å²) < 4.78 is 17.1. The van der Waals surface area contributed by atoms with Gasteiger partial charge in [-0.1, -0.05) is 63.2 Å². The highest BCUT2D eigenvalue weighted by Crippen LogP contribution is 2.29. The molecule has 0 aliphatic heterocycles. The van der Waals surface area contributed by atoms with Gasteiger partial charge >= 0.3 is 5.97 Å². The lowest BCUT2D eigenvalue weighted by Crippen LogP contribution is -2.15. The summed E-state index contributed by atoms with van der Waals surface area (Å²) in [5.74, 6) is 1.36. The van der Waals surface area contributed by atoms with Gasteiger partial charge in [0.2, 0.25) is 0 Å². The second kappa shape index (κ2) is 9.49. The Balaban J connectivity index is 1.64. The third-order valence-corrected chi connectivity index (χ3v) is 4.70. The number of benzene rings is 3. The van der Waals surface area contributed by atoms with E-state index in [4.69, 9.17) is 14.2 Å². The molecule has 4 nitrogen and oxygen atoms in total. The topological polar surface area (TPSA) is 44.8 Å². The molecule has 3 aromatic carbocycles. The van der Waals surface area contributed by atoms with Gasteiger partial charge in [0, 0.05) is 0 Å². The van der Waals surface area contributed by atoms with Gasteiger partial charge in [0.15, 0.2) is 0 Å². The number of carbonyl (C=O) groups is 1. The molecule has 0 saturated carbocycles. The first kappa shape index (κ1) is 21.4. The van der Waals surface area contributed by atoms with Crippen LogP contribution in [0.3, 0.4) is 0 Å². The lowest BCUT2D eigenvalue weighted by molar-refractivity contribution is 0.0728. The van der Waals surface area contributed by atoms with Crippen LogP contribution in [0.1, 0.15) is 42.3 Å². The molecule has 0 amide bonds. The van der Waals surface area contributed by atoms with Crippen LogP contribution in [0, 0.1) is 6.92 Å². The van der Waals surface area contributed by atoms with Crippen molar-refractivity contribution < 1.29 is 19.0 Å². The first-order valence-corrected chi connectivity index (χ1v) is 10.1. The average molecular weight is 405 g/mol. The van der Waals surface area contributed by atoms with Crippen molar-refractivity contribution in [2.45, 2.75) is 33.1 Å². The number of hydrogen-bond donors (Lipinski definition) is 0. The minimum atomic E-state index is -0.443. The third-order valence-electron chi connectivity index (χ3n) is 4.70. The molecule has 0 bridgehead atoms. The molecule has 0 atom stereocenters. The van der Waals surface area contributed by atoms with Crippen LogP contribution in [0.5, 0.6) is 17.2 Å². The Morgan fingerprint density at radius 2 is 1.47 bits per heavy atom. The van der Waals surface area contributed by atoms with E-state index < -0.39 is 5.97 Å². The van der Waals surface area contributed by atoms with Crippen molar-refractivity contribution in [1.29, 1.82) is 0 Å². The third kappa shape index (κ3) is 5.63. The Morgan fingerprint density at radius 1 is 0.800 bits per heavy atom. The fourth-order valence-corrected chi connectivity index (χ4v) is 2.97. The maximum Gasteiger partial charge on any atom is 0.347 e. The van der Waals surface area contributed by atoms with E-state index in [1.807, 2.05) is 55.5 Å². The second-order valence-electron chi connectivity index (χ2n) is 8.13. The van der Waals surface area contributed by atoms with E-state index in [-0.39, 0.29) is 5.41 Å². The summed E-state index contributed by atoms with van der Waals surface area (Å²) in [5, 5.41) is 0. The largest absolute Gasteiger partial charge is 0.490 e. The summed E-state index contributed by atoms with van der Waals surface area (Å²) in [6, 6.07) is 22.5. The average Bonchev–Trinajstić information content (AvgIpc) is 2.73. The number of ether oxygens (including phenoxy) is 3. The van der Waals surface area contributed by atoms with E-state index in [0.29, 0.717) is 30.3 Å². The van der Waals surface area contributed by atoms with Crippen LogP contribution >= 0.6 is 0 Å². The minimum Gasteiger partial charge on any atom is -0.490 e. The first-order valence-electron chi connectivity index (χ1n) is 10.1. The quantitative estimate of drug-likeness (QED) is 0.276. The van der Waals surface area contributed by atoms with Gasteiger partial charge in [-0.25, -0.2) is 4.79 Å². The molecule has 0 fully saturated rings. The Labute approximate surface area is 178 Å². The number of para-hydroxylation sites is 2. The fraction of sp³-hybridized carbons (Fsp3) is 0.269. The molecule has 4 heteroatoms. The van der Waals surface area contributed by atoms with Gasteiger partial charge in [-0.2, -0.15) is 0 Å². The maximum atomic E-state index is 12.8. The zero-order valence-electron chi connectivity index (χ0n) is 18.0. The number of esters is 1. The van der Waals surface area contributed by atoms with E-state index in [1.165, 1.54) is 5.56 Å². The van der Waals surface area contributed by atoms with Crippen LogP contribution in [-0.2, 0) is 5.41 Å². The van der Waals surface area contributed by atoms with E-state index in [9.17, 15) is 4.79 Å². The Bertz CT molecular complexity index is 987. The minimum absolute atomic E-state index is 0.0373. The van der Waals surface area contributed by atoms with Gasteiger partial charge in [0.05, 0.1) is 0 Å². The van der Waals surface area contributed by atoms with Gasteiger partial charge in [-0.3, -0.25) is 0 Å². The van der Waals surface area contributed by atoms with Crippen molar-refractivity contribution in [3.63, 3.8) is 0 Å². The normalized spacial score (nSPS) is 11.1. The number of rotatable bonds is 7.